The van der Waals surface area contributed by atoms with Gasteiger partial charge in [-0.2, -0.15) is 0 Å². The van der Waals surface area contributed by atoms with Gasteiger partial charge in [0, 0.05) is 30.3 Å². The molecule has 1 aromatic carbocycles. The number of aliphatic hydroxyl groups excluding tert-OH is 1. The summed E-state index contributed by atoms with van der Waals surface area (Å²) in [4.78, 5) is 10.2. The summed E-state index contributed by atoms with van der Waals surface area (Å²) >= 11 is 0. The Labute approximate surface area is 81.3 Å². The standard InChI is InChI=1S/C9H12N2O3/c1-6-4-9(11(13)14)7(2-3-12)5-8(6)10/h4-5,12H,2-3,10H2,1H3. The Morgan fingerprint density at radius 2 is 2.21 bits per heavy atom. The number of nitro groups is 1. The largest absolute Gasteiger partial charge is 0.398 e. The van der Waals surface area contributed by atoms with Crippen LogP contribution in [0.3, 0.4) is 0 Å². The van der Waals surface area contributed by atoms with Crippen LogP contribution in [0.1, 0.15) is 11.1 Å². The molecule has 0 bridgehead atoms. The maximum Gasteiger partial charge on any atom is 0.273 e. The first-order valence-electron chi connectivity index (χ1n) is 4.20. The van der Waals surface area contributed by atoms with Crippen molar-refractivity contribution in [2.45, 2.75) is 13.3 Å². The van der Waals surface area contributed by atoms with Crippen molar-refractivity contribution in [1.29, 1.82) is 0 Å². The van der Waals surface area contributed by atoms with E-state index >= 15 is 0 Å². The predicted molar refractivity (Wildman–Crippen MR) is 53.0 cm³/mol. The average molecular weight is 196 g/mol. The molecular weight excluding hydrogens is 184 g/mol. The third-order valence-electron chi connectivity index (χ3n) is 2.05. The molecule has 76 valence electrons. The van der Waals surface area contributed by atoms with Crippen molar-refractivity contribution in [3.05, 3.63) is 33.4 Å². The van der Waals surface area contributed by atoms with Crippen molar-refractivity contribution in [2.24, 2.45) is 0 Å². The maximum atomic E-state index is 10.6. The average Bonchev–Trinajstić information content (AvgIpc) is 2.11. The lowest BCUT2D eigenvalue weighted by Crippen LogP contribution is -2.01. The van der Waals surface area contributed by atoms with Gasteiger partial charge in [0.2, 0.25) is 0 Å². The minimum atomic E-state index is -0.461. The fourth-order valence-electron chi connectivity index (χ4n) is 1.25. The summed E-state index contributed by atoms with van der Waals surface area (Å²) in [5.41, 5.74) is 7.30. The number of anilines is 1. The lowest BCUT2D eigenvalue weighted by molar-refractivity contribution is -0.385. The van der Waals surface area contributed by atoms with Crippen LogP contribution in [0.4, 0.5) is 11.4 Å². The SMILES string of the molecule is Cc1cc([N+](=O)[O-])c(CCO)cc1N. The lowest BCUT2D eigenvalue weighted by Gasteiger charge is -2.05. The number of aliphatic hydroxyl groups is 1. The molecule has 0 amide bonds. The van der Waals surface area contributed by atoms with Gasteiger partial charge in [0.05, 0.1) is 4.92 Å². The van der Waals surface area contributed by atoms with E-state index in [2.05, 4.69) is 0 Å². The van der Waals surface area contributed by atoms with Crippen molar-refractivity contribution in [1.82, 2.24) is 0 Å². The van der Waals surface area contributed by atoms with Crippen molar-refractivity contribution in [2.75, 3.05) is 12.3 Å². The Morgan fingerprint density at radius 3 is 2.71 bits per heavy atom. The Bertz CT molecular complexity index is 363. The first-order chi connectivity index (χ1) is 6.56. The first-order valence-corrected chi connectivity index (χ1v) is 4.20. The van der Waals surface area contributed by atoms with Crippen molar-refractivity contribution in [3.8, 4) is 0 Å². The molecule has 0 aliphatic rings. The summed E-state index contributed by atoms with van der Waals surface area (Å²) < 4.78 is 0. The summed E-state index contributed by atoms with van der Waals surface area (Å²) in [5, 5.41) is 19.4. The second kappa shape index (κ2) is 4.06. The van der Waals surface area contributed by atoms with E-state index in [0.29, 0.717) is 16.8 Å². The molecular formula is C9H12N2O3. The van der Waals surface area contributed by atoms with E-state index < -0.39 is 4.92 Å². The number of rotatable bonds is 3. The molecule has 5 heteroatoms. The van der Waals surface area contributed by atoms with E-state index in [0.717, 1.165) is 0 Å². The zero-order valence-corrected chi connectivity index (χ0v) is 7.86. The van der Waals surface area contributed by atoms with E-state index in [1.54, 1.807) is 13.0 Å². The predicted octanol–water partition coefficient (Wildman–Crippen LogP) is 1.02. The summed E-state index contributed by atoms with van der Waals surface area (Å²) in [6, 6.07) is 2.98. The Balaban J connectivity index is 3.24. The van der Waals surface area contributed by atoms with Gasteiger partial charge in [0.25, 0.3) is 5.69 Å². The molecule has 0 aliphatic heterocycles. The highest BCUT2D eigenvalue weighted by Crippen LogP contribution is 2.24. The second-order valence-corrected chi connectivity index (χ2v) is 3.07. The first kappa shape index (κ1) is 10.5. The van der Waals surface area contributed by atoms with Crippen LogP contribution in [-0.4, -0.2) is 16.6 Å². The van der Waals surface area contributed by atoms with E-state index in [4.69, 9.17) is 10.8 Å². The Hall–Kier alpha value is -1.62. The Morgan fingerprint density at radius 1 is 1.57 bits per heavy atom. The highest BCUT2D eigenvalue weighted by atomic mass is 16.6. The summed E-state index contributed by atoms with van der Waals surface area (Å²) in [5.74, 6) is 0. The maximum absolute atomic E-state index is 10.6. The van der Waals surface area contributed by atoms with Gasteiger partial charge in [-0.15, -0.1) is 0 Å². The van der Waals surface area contributed by atoms with Crippen LogP contribution < -0.4 is 5.73 Å². The molecule has 0 saturated heterocycles. The molecule has 1 aromatic rings. The van der Waals surface area contributed by atoms with Crippen LogP contribution in [0.15, 0.2) is 12.1 Å². The van der Waals surface area contributed by atoms with Gasteiger partial charge in [0.15, 0.2) is 0 Å². The summed E-state index contributed by atoms with van der Waals surface area (Å²) in [6.45, 7) is 1.59. The van der Waals surface area contributed by atoms with Crippen LogP contribution in [0.2, 0.25) is 0 Å². The quantitative estimate of drug-likeness (QED) is 0.429. The minimum absolute atomic E-state index is 0.0192. The molecule has 1 rings (SSSR count). The zero-order valence-electron chi connectivity index (χ0n) is 7.86. The topological polar surface area (TPSA) is 89.4 Å². The number of nitrogens with zero attached hydrogens (tertiary/aromatic N) is 1. The molecule has 0 fully saturated rings. The van der Waals surface area contributed by atoms with E-state index in [-0.39, 0.29) is 18.7 Å². The summed E-state index contributed by atoms with van der Waals surface area (Å²) in [6.07, 6.45) is 0.251. The zero-order chi connectivity index (χ0) is 10.7. The third-order valence-corrected chi connectivity index (χ3v) is 2.05. The number of nitrogens with two attached hydrogens (primary N) is 1. The number of benzene rings is 1. The van der Waals surface area contributed by atoms with Gasteiger partial charge < -0.3 is 10.8 Å². The van der Waals surface area contributed by atoms with Gasteiger partial charge in [-0.25, -0.2) is 0 Å². The van der Waals surface area contributed by atoms with Crippen LogP contribution in [-0.2, 0) is 6.42 Å². The molecule has 0 atom stereocenters. The number of hydrogen-bond acceptors (Lipinski definition) is 4. The molecule has 5 nitrogen and oxygen atoms in total. The smallest absolute Gasteiger partial charge is 0.273 e. The number of hydrogen-bond donors (Lipinski definition) is 2. The number of aryl methyl sites for hydroxylation is 1. The highest BCUT2D eigenvalue weighted by Gasteiger charge is 2.14. The molecule has 3 N–H and O–H groups in total. The number of nitro benzene ring substituents is 1. The fourth-order valence-corrected chi connectivity index (χ4v) is 1.25. The monoisotopic (exact) mass is 196 g/mol. The molecule has 0 unspecified atom stereocenters. The normalized spacial score (nSPS) is 10.1. The van der Waals surface area contributed by atoms with E-state index in [9.17, 15) is 10.1 Å². The Kier molecular flexibility index (Phi) is 3.03. The van der Waals surface area contributed by atoms with Crippen LogP contribution in [0.25, 0.3) is 0 Å². The fraction of sp³-hybridized carbons (Fsp3) is 0.333. The van der Waals surface area contributed by atoms with Crippen molar-refractivity contribution >= 4 is 11.4 Å². The third kappa shape index (κ3) is 2.00. The number of nitrogen functional groups attached to an aromatic ring is 1. The van der Waals surface area contributed by atoms with Crippen LogP contribution >= 0.6 is 0 Å². The van der Waals surface area contributed by atoms with Gasteiger partial charge in [0.1, 0.15) is 0 Å². The van der Waals surface area contributed by atoms with Crippen molar-refractivity contribution < 1.29 is 10.0 Å². The highest BCUT2D eigenvalue weighted by molar-refractivity contribution is 5.57. The van der Waals surface area contributed by atoms with Gasteiger partial charge in [-0.3, -0.25) is 10.1 Å². The molecule has 14 heavy (non-hydrogen) atoms. The van der Waals surface area contributed by atoms with Crippen LogP contribution in [0.5, 0.6) is 0 Å². The molecule has 0 aromatic heterocycles. The molecule has 0 saturated carbocycles. The van der Waals surface area contributed by atoms with Crippen molar-refractivity contribution in [3.63, 3.8) is 0 Å². The second-order valence-electron chi connectivity index (χ2n) is 3.07. The van der Waals surface area contributed by atoms with E-state index in [1.807, 2.05) is 0 Å². The molecule has 0 heterocycles. The van der Waals surface area contributed by atoms with Gasteiger partial charge in [-0.1, -0.05) is 0 Å². The molecule has 0 aliphatic carbocycles. The molecule has 0 radical (unpaired) electrons. The lowest BCUT2D eigenvalue weighted by atomic mass is 10.1. The minimum Gasteiger partial charge on any atom is -0.398 e. The van der Waals surface area contributed by atoms with Gasteiger partial charge >= 0.3 is 0 Å². The van der Waals surface area contributed by atoms with Gasteiger partial charge in [-0.05, 0) is 18.6 Å². The van der Waals surface area contributed by atoms with E-state index in [1.165, 1.54) is 6.07 Å². The summed E-state index contributed by atoms with van der Waals surface area (Å²) in [7, 11) is 0. The van der Waals surface area contributed by atoms with Crippen LogP contribution in [0, 0.1) is 17.0 Å². The molecule has 0 spiro atoms.